The highest BCUT2D eigenvalue weighted by Gasteiger charge is 2.22. The fourth-order valence-electron chi connectivity index (χ4n) is 1.17. The SMILES string of the molecule is COCc1cc(C(=O)N(C)C(C)C(N)=S)no1. The first-order chi connectivity index (χ1) is 7.97. The number of ether oxygens (including phenoxy) is 1. The number of methoxy groups -OCH3 is 1. The standard InChI is InChI=1S/C10H15N3O3S/c1-6(9(11)17)13(2)10(14)8-4-7(5-15-3)16-12-8/h4,6H,5H2,1-3H3,(H2,11,17). The van der Waals surface area contributed by atoms with Crippen molar-refractivity contribution in [2.45, 2.75) is 19.6 Å². The van der Waals surface area contributed by atoms with Gasteiger partial charge in [0.05, 0.1) is 11.0 Å². The van der Waals surface area contributed by atoms with Crippen LogP contribution in [0.4, 0.5) is 0 Å². The molecule has 0 fully saturated rings. The highest BCUT2D eigenvalue weighted by atomic mass is 32.1. The van der Waals surface area contributed by atoms with Gasteiger partial charge in [-0.15, -0.1) is 0 Å². The van der Waals surface area contributed by atoms with Crippen LogP contribution in [-0.2, 0) is 11.3 Å². The van der Waals surface area contributed by atoms with Gasteiger partial charge < -0.3 is 19.9 Å². The van der Waals surface area contributed by atoms with Crippen molar-refractivity contribution in [1.29, 1.82) is 0 Å². The summed E-state index contributed by atoms with van der Waals surface area (Å²) in [5.41, 5.74) is 5.69. The van der Waals surface area contributed by atoms with Gasteiger partial charge in [0, 0.05) is 20.2 Å². The van der Waals surface area contributed by atoms with E-state index in [0.29, 0.717) is 5.76 Å². The van der Waals surface area contributed by atoms with Gasteiger partial charge in [0.1, 0.15) is 6.61 Å². The molecule has 0 aliphatic heterocycles. The van der Waals surface area contributed by atoms with Gasteiger partial charge in [-0.2, -0.15) is 0 Å². The Morgan fingerprint density at radius 3 is 2.94 bits per heavy atom. The van der Waals surface area contributed by atoms with Gasteiger partial charge in [-0.3, -0.25) is 4.79 Å². The topological polar surface area (TPSA) is 81.6 Å². The summed E-state index contributed by atoms with van der Waals surface area (Å²) in [5, 5.41) is 3.67. The predicted molar refractivity (Wildman–Crippen MR) is 65.6 cm³/mol. The third kappa shape index (κ3) is 3.24. The largest absolute Gasteiger partial charge is 0.392 e. The Hall–Kier alpha value is -1.47. The Bertz CT molecular complexity index is 419. The third-order valence-corrected chi connectivity index (χ3v) is 2.72. The molecular formula is C10H15N3O3S. The predicted octanol–water partition coefficient (Wildman–Crippen LogP) is 0.568. The molecule has 94 valence electrons. The van der Waals surface area contributed by atoms with Gasteiger partial charge in [-0.25, -0.2) is 0 Å². The molecule has 6 nitrogen and oxygen atoms in total. The molecule has 1 aromatic rings. The Kier molecular flexibility index (Phi) is 4.59. The second kappa shape index (κ2) is 5.74. The highest BCUT2D eigenvalue weighted by Crippen LogP contribution is 2.09. The minimum absolute atomic E-state index is 0.211. The molecule has 1 aromatic heterocycles. The number of nitrogens with two attached hydrogens (primary N) is 1. The number of nitrogens with zero attached hydrogens (tertiary/aromatic N) is 2. The number of hydrogen-bond donors (Lipinski definition) is 1. The van der Waals surface area contributed by atoms with E-state index in [0.717, 1.165) is 0 Å². The molecular weight excluding hydrogens is 242 g/mol. The Balaban J connectivity index is 2.77. The average molecular weight is 257 g/mol. The Morgan fingerprint density at radius 2 is 2.41 bits per heavy atom. The van der Waals surface area contributed by atoms with E-state index in [2.05, 4.69) is 5.16 Å². The molecule has 0 saturated carbocycles. The van der Waals surface area contributed by atoms with Crippen LogP contribution < -0.4 is 5.73 Å². The number of aromatic nitrogens is 1. The summed E-state index contributed by atoms with van der Waals surface area (Å²) < 4.78 is 9.80. The van der Waals surface area contributed by atoms with E-state index < -0.39 is 0 Å². The average Bonchev–Trinajstić information content (AvgIpc) is 2.75. The maximum atomic E-state index is 12.0. The van der Waals surface area contributed by atoms with E-state index in [1.54, 1.807) is 14.0 Å². The van der Waals surface area contributed by atoms with Crippen LogP contribution in [0.5, 0.6) is 0 Å². The van der Waals surface area contributed by atoms with Crippen LogP contribution in [0.3, 0.4) is 0 Å². The number of rotatable bonds is 5. The van der Waals surface area contributed by atoms with Crippen LogP contribution >= 0.6 is 12.2 Å². The summed E-state index contributed by atoms with van der Waals surface area (Å²) >= 11 is 4.83. The lowest BCUT2D eigenvalue weighted by Crippen LogP contribution is -2.42. The number of hydrogen-bond acceptors (Lipinski definition) is 5. The molecule has 0 radical (unpaired) electrons. The quantitative estimate of drug-likeness (QED) is 0.776. The first-order valence-corrected chi connectivity index (χ1v) is 5.39. The molecule has 1 unspecified atom stereocenters. The molecule has 7 heteroatoms. The molecule has 0 aromatic carbocycles. The van der Waals surface area contributed by atoms with Gasteiger partial charge in [0.2, 0.25) is 0 Å². The fourth-order valence-corrected chi connectivity index (χ4v) is 1.33. The summed E-state index contributed by atoms with van der Waals surface area (Å²) in [4.78, 5) is 13.6. The molecule has 2 N–H and O–H groups in total. The fraction of sp³-hybridized carbons (Fsp3) is 0.500. The molecule has 1 amide bonds. The first-order valence-electron chi connectivity index (χ1n) is 4.98. The van der Waals surface area contributed by atoms with Crippen molar-refractivity contribution in [3.63, 3.8) is 0 Å². The summed E-state index contributed by atoms with van der Waals surface area (Å²) in [6.45, 7) is 2.02. The van der Waals surface area contributed by atoms with Crippen molar-refractivity contribution in [2.75, 3.05) is 14.2 Å². The van der Waals surface area contributed by atoms with Crippen LogP contribution in [0.2, 0.25) is 0 Å². The van der Waals surface area contributed by atoms with E-state index in [9.17, 15) is 4.79 Å². The number of likely N-dealkylation sites (N-methyl/N-ethyl adjacent to an activating group) is 1. The van der Waals surface area contributed by atoms with Crippen molar-refractivity contribution < 1.29 is 14.1 Å². The van der Waals surface area contributed by atoms with E-state index in [4.69, 9.17) is 27.2 Å². The minimum Gasteiger partial charge on any atom is -0.392 e. The van der Waals surface area contributed by atoms with Crippen molar-refractivity contribution in [2.24, 2.45) is 5.73 Å². The lowest BCUT2D eigenvalue weighted by molar-refractivity contribution is 0.0768. The Labute approximate surface area is 105 Å². The van der Waals surface area contributed by atoms with E-state index >= 15 is 0 Å². The van der Waals surface area contributed by atoms with Crippen LogP contribution in [0, 0.1) is 0 Å². The molecule has 1 heterocycles. The summed E-state index contributed by atoms with van der Waals surface area (Å²) in [6, 6.07) is 1.20. The number of carbonyl (C=O) groups excluding carboxylic acids is 1. The van der Waals surface area contributed by atoms with Crippen LogP contribution in [-0.4, -0.2) is 41.2 Å². The van der Waals surface area contributed by atoms with Gasteiger partial charge in [0.15, 0.2) is 11.5 Å². The zero-order valence-electron chi connectivity index (χ0n) is 9.97. The van der Waals surface area contributed by atoms with E-state index in [1.165, 1.54) is 18.1 Å². The molecule has 1 rings (SSSR count). The van der Waals surface area contributed by atoms with Gasteiger partial charge >= 0.3 is 0 Å². The van der Waals surface area contributed by atoms with Crippen molar-refractivity contribution >= 4 is 23.1 Å². The maximum Gasteiger partial charge on any atom is 0.276 e. The van der Waals surface area contributed by atoms with Gasteiger partial charge in [0.25, 0.3) is 5.91 Å². The van der Waals surface area contributed by atoms with Crippen LogP contribution in [0.25, 0.3) is 0 Å². The number of thiocarbonyl (C=S) groups is 1. The summed E-state index contributed by atoms with van der Waals surface area (Å²) in [7, 11) is 3.14. The molecule has 0 bridgehead atoms. The Morgan fingerprint density at radius 1 is 1.76 bits per heavy atom. The molecule has 0 aliphatic carbocycles. The number of amides is 1. The van der Waals surface area contributed by atoms with Gasteiger partial charge in [-0.05, 0) is 6.92 Å². The van der Waals surface area contributed by atoms with E-state index in [1.807, 2.05) is 0 Å². The van der Waals surface area contributed by atoms with Crippen molar-refractivity contribution in [3.8, 4) is 0 Å². The second-order valence-electron chi connectivity index (χ2n) is 3.61. The molecule has 17 heavy (non-hydrogen) atoms. The first kappa shape index (κ1) is 13.6. The zero-order chi connectivity index (χ0) is 13.0. The lowest BCUT2D eigenvalue weighted by Gasteiger charge is -2.22. The summed E-state index contributed by atoms with van der Waals surface area (Å²) in [6.07, 6.45) is 0. The second-order valence-corrected chi connectivity index (χ2v) is 4.08. The van der Waals surface area contributed by atoms with Crippen molar-refractivity contribution in [1.82, 2.24) is 10.1 Å². The molecule has 1 atom stereocenters. The third-order valence-electron chi connectivity index (χ3n) is 2.38. The molecule has 0 saturated heterocycles. The monoisotopic (exact) mass is 257 g/mol. The maximum absolute atomic E-state index is 12.0. The lowest BCUT2D eigenvalue weighted by atomic mass is 10.2. The zero-order valence-corrected chi connectivity index (χ0v) is 10.8. The van der Waals surface area contributed by atoms with Crippen molar-refractivity contribution in [3.05, 3.63) is 17.5 Å². The minimum atomic E-state index is -0.333. The number of carbonyl (C=O) groups is 1. The van der Waals surface area contributed by atoms with E-state index in [-0.39, 0.29) is 29.2 Å². The molecule has 0 aliphatic rings. The summed E-state index contributed by atoms with van der Waals surface area (Å²) in [5.74, 6) is 0.198. The normalized spacial score (nSPS) is 12.2. The van der Waals surface area contributed by atoms with Crippen LogP contribution in [0.1, 0.15) is 23.2 Å². The smallest absolute Gasteiger partial charge is 0.276 e. The van der Waals surface area contributed by atoms with Crippen LogP contribution in [0.15, 0.2) is 10.6 Å². The van der Waals surface area contributed by atoms with Gasteiger partial charge in [-0.1, -0.05) is 17.4 Å². The highest BCUT2D eigenvalue weighted by molar-refractivity contribution is 7.80. The molecule has 0 spiro atoms.